The van der Waals surface area contributed by atoms with Crippen molar-refractivity contribution in [3.63, 3.8) is 0 Å². The van der Waals surface area contributed by atoms with Crippen molar-refractivity contribution in [3.05, 3.63) is 35.4 Å². The molecule has 0 spiro atoms. The molecule has 0 aromatic heterocycles. The van der Waals surface area contributed by atoms with Gasteiger partial charge in [0.05, 0.1) is 5.60 Å². The van der Waals surface area contributed by atoms with E-state index in [1.54, 1.807) is 7.11 Å². The first-order valence-corrected chi connectivity index (χ1v) is 5.86. The number of halogens is 2. The maximum Gasteiger partial charge on any atom is 0.130 e. The highest BCUT2D eigenvalue weighted by atomic mass is 19.1. The first kappa shape index (κ1) is 15.0. The molecule has 0 aliphatic heterocycles. The fraction of sp³-hybridized carbons (Fsp3) is 0.538. The number of hydrogen-bond acceptors (Lipinski definition) is 3. The third-order valence-corrected chi connectivity index (χ3v) is 3.13. The first-order valence-electron chi connectivity index (χ1n) is 5.86. The molecule has 1 rings (SSSR count). The minimum Gasteiger partial charge on any atom is -0.379 e. The molecule has 1 unspecified atom stereocenters. The molecule has 1 atom stereocenters. The number of benzene rings is 1. The highest BCUT2D eigenvalue weighted by Crippen LogP contribution is 2.26. The standard InChI is InChI=1S/C13H20F2N2O/c1-13(2,18-3)7-6-12(17-16)10-5-4-9(14)8-11(10)15/h4-5,8,12,17H,6-7,16H2,1-3H3. The van der Waals surface area contributed by atoms with Crippen LogP contribution in [0.25, 0.3) is 0 Å². The molecule has 102 valence electrons. The van der Waals surface area contributed by atoms with E-state index in [1.165, 1.54) is 12.1 Å². The van der Waals surface area contributed by atoms with Gasteiger partial charge in [-0.1, -0.05) is 6.07 Å². The number of ether oxygens (including phenoxy) is 1. The first-order chi connectivity index (χ1) is 8.39. The molecule has 0 fully saturated rings. The summed E-state index contributed by atoms with van der Waals surface area (Å²) in [4.78, 5) is 0. The van der Waals surface area contributed by atoms with Gasteiger partial charge in [-0.3, -0.25) is 11.3 Å². The Labute approximate surface area is 106 Å². The molecule has 3 N–H and O–H groups in total. The summed E-state index contributed by atoms with van der Waals surface area (Å²) in [6.07, 6.45) is 1.30. The third-order valence-electron chi connectivity index (χ3n) is 3.13. The quantitative estimate of drug-likeness (QED) is 0.609. The molecular formula is C13H20F2N2O. The fourth-order valence-electron chi connectivity index (χ4n) is 1.71. The lowest BCUT2D eigenvalue weighted by molar-refractivity contribution is 0.0116. The van der Waals surface area contributed by atoms with Crippen LogP contribution in [0.4, 0.5) is 8.78 Å². The van der Waals surface area contributed by atoms with Crippen molar-refractivity contribution in [2.75, 3.05) is 7.11 Å². The van der Waals surface area contributed by atoms with Crippen LogP contribution in [0.15, 0.2) is 18.2 Å². The molecule has 1 aromatic rings. The lowest BCUT2D eigenvalue weighted by atomic mass is 9.95. The molecule has 0 aliphatic carbocycles. The van der Waals surface area contributed by atoms with Gasteiger partial charge in [-0.05, 0) is 32.8 Å². The summed E-state index contributed by atoms with van der Waals surface area (Å²) >= 11 is 0. The van der Waals surface area contributed by atoms with Gasteiger partial charge in [0.25, 0.3) is 0 Å². The van der Waals surface area contributed by atoms with E-state index in [4.69, 9.17) is 10.6 Å². The van der Waals surface area contributed by atoms with Gasteiger partial charge in [0.1, 0.15) is 11.6 Å². The molecule has 1 aromatic carbocycles. The molecule has 0 saturated carbocycles. The minimum atomic E-state index is -0.593. The van der Waals surface area contributed by atoms with Crippen LogP contribution in [0.3, 0.4) is 0 Å². The summed E-state index contributed by atoms with van der Waals surface area (Å²) in [5, 5.41) is 0. The molecule has 5 heteroatoms. The van der Waals surface area contributed by atoms with Crippen LogP contribution in [-0.4, -0.2) is 12.7 Å². The van der Waals surface area contributed by atoms with Crippen molar-refractivity contribution in [1.82, 2.24) is 5.43 Å². The lowest BCUT2D eigenvalue weighted by Crippen LogP contribution is -2.31. The van der Waals surface area contributed by atoms with E-state index in [2.05, 4.69) is 5.43 Å². The van der Waals surface area contributed by atoms with Gasteiger partial charge in [0.15, 0.2) is 0 Å². The second-order valence-electron chi connectivity index (χ2n) is 4.89. The van der Waals surface area contributed by atoms with Crippen LogP contribution in [0.2, 0.25) is 0 Å². The summed E-state index contributed by atoms with van der Waals surface area (Å²) in [6, 6.07) is 3.14. The fourth-order valence-corrected chi connectivity index (χ4v) is 1.71. The zero-order valence-electron chi connectivity index (χ0n) is 11.0. The number of rotatable bonds is 6. The monoisotopic (exact) mass is 258 g/mol. The van der Waals surface area contributed by atoms with Crippen molar-refractivity contribution >= 4 is 0 Å². The number of nitrogens with one attached hydrogen (secondary N) is 1. The third kappa shape index (κ3) is 4.01. The number of hydrogen-bond donors (Lipinski definition) is 2. The van der Waals surface area contributed by atoms with Gasteiger partial charge in [0.2, 0.25) is 0 Å². The van der Waals surface area contributed by atoms with Crippen LogP contribution >= 0.6 is 0 Å². The zero-order valence-corrected chi connectivity index (χ0v) is 11.0. The van der Waals surface area contributed by atoms with E-state index >= 15 is 0 Å². The number of hydrazine groups is 1. The van der Waals surface area contributed by atoms with Gasteiger partial charge in [-0.25, -0.2) is 8.78 Å². The number of methoxy groups -OCH3 is 1. The Morgan fingerprint density at radius 3 is 2.56 bits per heavy atom. The Hall–Kier alpha value is -1.04. The van der Waals surface area contributed by atoms with Crippen LogP contribution in [0.1, 0.15) is 38.3 Å². The van der Waals surface area contributed by atoms with E-state index in [0.29, 0.717) is 18.4 Å². The van der Waals surface area contributed by atoms with Crippen molar-refractivity contribution in [2.24, 2.45) is 5.84 Å². The molecule has 18 heavy (non-hydrogen) atoms. The Morgan fingerprint density at radius 2 is 2.06 bits per heavy atom. The van der Waals surface area contributed by atoms with Crippen molar-refractivity contribution in [2.45, 2.75) is 38.3 Å². The number of nitrogens with two attached hydrogens (primary N) is 1. The average Bonchev–Trinajstić information content (AvgIpc) is 2.32. The topological polar surface area (TPSA) is 47.3 Å². The summed E-state index contributed by atoms with van der Waals surface area (Å²) in [5.74, 6) is 4.25. The summed E-state index contributed by atoms with van der Waals surface area (Å²) in [6.45, 7) is 3.89. The van der Waals surface area contributed by atoms with Gasteiger partial charge < -0.3 is 4.74 Å². The maximum absolute atomic E-state index is 13.6. The minimum absolute atomic E-state index is 0.300. The second-order valence-corrected chi connectivity index (χ2v) is 4.89. The molecule has 0 bridgehead atoms. The molecular weight excluding hydrogens is 238 g/mol. The Balaban J connectivity index is 2.77. The molecule has 0 amide bonds. The van der Waals surface area contributed by atoms with Crippen LogP contribution in [-0.2, 0) is 4.74 Å². The predicted molar refractivity (Wildman–Crippen MR) is 66.7 cm³/mol. The Kier molecular flexibility index (Phi) is 5.19. The molecule has 0 heterocycles. The summed E-state index contributed by atoms with van der Waals surface area (Å²) in [5.41, 5.74) is 2.62. The zero-order chi connectivity index (χ0) is 13.8. The lowest BCUT2D eigenvalue weighted by Gasteiger charge is -2.26. The molecule has 0 aliphatic rings. The average molecular weight is 258 g/mol. The Morgan fingerprint density at radius 1 is 1.39 bits per heavy atom. The smallest absolute Gasteiger partial charge is 0.130 e. The van der Waals surface area contributed by atoms with E-state index < -0.39 is 11.6 Å². The molecule has 0 saturated heterocycles. The van der Waals surface area contributed by atoms with Gasteiger partial charge in [-0.2, -0.15) is 0 Å². The molecule has 0 radical (unpaired) electrons. The SMILES string of the molecule is COC(C)(C)CCC(NN)c1ccc(F)cc1F. The van der Waals surface area contributed by atoms with E-state index in [0.717, 1.165) is 6.07 Å². The van der Waals surface area contributed by atoms with Crippen LogP contribution < -0.4 is 11.3 Å². The van der Waals surface area contributed by atoms with Crippen molar-refractivity contribution in [3.8, 4) is 0 Å². The summed E-state index contributed by atoms with van der Waals surface area (Å²) in [7, 11) is 1.63. The maximum atomic E-state index is 13.6. The highest BCUT2D eigenvalue weighted by Gasteiger charge is 2.21. The summed E-state index contributed by atoms with van der Waals surface area (Å²) < 4.78 is 31.8. The predicted octanol–water partition coefficient (Wildman–Crippen LogP) is 2.67. The van der Waals surface area contributed by atoms with E-state index in [1.807, 2.05) is 13.8 Å². The van der Waals surface area contributed by atoms with Crippen molar-refractivity contribution in [1.29, 1.82) is 0 Å². The van der Waals surface area contributed by atoms with Gasteiger partial charge in [0, 0.05) is 24.8 Å². The van der Waals surface area contributed by atoms with Crippen LogP contribution in [0.5, 0.6) is 0 Å². The van der Waals surface area contributed by atoms with Gasteiger partial charge in [-0.15, -0.1) is 0 Å². The second kappa shape index (κ2) is 6.22. The molecule has 3 nitrogen and oxygen atoms in total. The normalized spacial score (nSPS) is 13.7. The Bertz CT molecular complexity index is 397. The largest absolute Gasteiger partial charge is 0.379 e. The van der Waals surface area contributed by atoms with Crippen LogP contribution in [0, 0.1) is 11.6 Å². The van der Waals surface area contributed by atoms with E-state index in [-0.39, 0.29) is 11.6 Å². The highest BCUT2D eigenvalue weighted by molar-refractivity contribution is 5.22. The van der Waals surface area contributed by atoms with Crippen molar-refractivity contribution < 1.29 is 13.5 Å². The van der Waals surface area contributed by atoms with Gasteiger partial charge >= 0.3 is 0 Å². The van der Waals surface area contributed by atoms with E-state index in [9.17, 15) is 8.78 Å².